The number of aliphatic hydroxyl groups is 1. The van der Waals surface area contributed by atoms with Crippen LogP contribution in [0.15, 0.2) is 0 Å². The van der Waals surface area contributed by atoms with E-state index >= 15 is 0 Å². The van der Waals surface area contributed by atoms with Gasteiger partial charge in [0.1, 0.15) is 0 Å². The van der Waals surface area contributed by atoms with Gasteiger partial charge in [0.25, 0.3) is 0 Å². The molecule has 1 N–H and O–H groups in total. The van der Waals surface area contributed by atoms with Crippen LogP contribution < -0.4 is 0 Å². The van der Waals surface area contributed by atoms with Gasteiger partial charge in [-0.1, -0.05) is 19.8 Å². The van der Waals surface area contributed by atoms with Gasteiger partial charge in [-0.05, 0) is 44.7 Å². The SMILES string of the molecule is CC1CCCC1OCC(O)CN1CCCCC1.Cl. The molecular formula is C14H28ClNO2. The van der Waals surface area contributed by atoms with Crippen molar-refractivity contribution in [2.24, 2.45) is 5.92 Å². The summed E-state index contributed by atoms with van der Waals surface area (Å²) in [6.07, 6.45) is 7.76. The molecule has 1 aliphatic carbocycles. The van der Waals surface area contributed by atoms with Crippen LogP contribution in [0.1, 0.15) is 45.4 Å². The van der Waals surface area contributed by atoms with Crippen molar-refractivity contribution in [3.63, 3.8) is 0 Å². The van der Waals surface area contributed by atoms with E-state index in [9.17, 15) is 5.11 Å². The Labute approximate surface area is 117 Å². The molecule has 3 unspecified atom stereocenters. The molecule has 2 aliphatic rings. The number of piperidine rings is 1. The maximum absolute atomic E-state index is 9.98. The van der Waals surface area contributed by atoms with Gasteiger partial charge in [0.15, 0.2) is 0 Å². The second-order valence-corrected chi connectivity index (χ2v) is 5.80. The first-order valence-corrected chi connectivity index (χ1v) is 7.27. The van der Waals surface area contributed by atoms with Crippen molar-refractivity contribution >= 4 is 12.4 Å². The fourth-order valence-corrected chi connectivity index (χ4v) is 3.09. The molecule has 3 atom stereocenters. The smallest absolute Gasteiger partial charge is 0.0900 e. The summed E-state index contributed by atoms with van der Waals surface area (Å²) in [4.78, 5) is 2.37. The lowest BCUT2D eigenvalue weighted by molar-refractivity contribution is -0.0331. The summed E-state index contributed by atoms with van der Waals surface area (Å²) >= 11 is 0. The van der Waals surface area contributed by atoms with E-state index in [-0.39, 0.29) is 18.5 Å². The number of rotatable bonds is 5. The van der Waals surface area contributed by atoms with E-state index in [1.165, 1.54) is 38.5 Å². The number of ether oxygens (including phenoxy) is 1. The lowest BCUT2D eigenvalue weighted by Crippen LogP contribution is -2.38. The number of aliphatic hydroxyl groups excluding tert-OH is 1. The summed E-state index contributed by atoms with van der Waals surface area (Å²) < 4.78 is 5.84. The molecular weight excluding hydrogens is 250 g/mol. The van der Waals surface area contributed by atoms with Crippen LogP contribution >= 0.6 is 12.4 Å². The van der Waals surface area contributed by atoms with Gasteiger partial charge < -0.3 is 14.7 Å². The molecule has 4 heteroatoms. The Hall–Kier alpha value is 0.170. The number of β-amino-alcohol motifs (C(OH)–C–C–N with tert-alkyl or cyclic N) is 1. The first kappa shape index (κ1) is 16.2. The molecule has 0 aromatic heterocycles. The number of halogens is 1. The Morgan fingerprint density at radius 2 is 1.89 bits per heavy atom. The normalized spacial score (nSPS) is 31.0. The van der Waals surface area contributed by atoms with E-state index < -0.39 is 0 Å². The predicted molar refractivity (Wildman–Crippen MR) is 76.3 cm³/mol. The van der Waals surface area contributed by atoms with E-state index in [1.54, 1.807) is 0 Å². The van der Waals surface area contributed by atoms with E-state index in [4.69, 9.17) is 4.74 Å². The number of likely N-dealkylation sites (tertiary alicyclic amines) is 1. The maximum Gasteiger partial charge on any atom is 0.0900 e. The molecule has 1 aliphatic heterocycles. The minimum atomic E-state index is -0.305. The summed E-state index contributed by atoms with van der Waals surface area (Å²) in [6.45, 7) is 5.87. The lowest BCUT2D eigenvalue weighted by Gasteiger charge is -2.29. The van der Waals surface area contributed by atoms with Crippen LogP contribution in [0.25, 0.3) is 0 Å². The second-order valence-electron chi connectivity index (χ2n) is 5.80. The van der Waals surface area contributed by atoms with Gasteiger partial charge in [0.2, 0.25) is 0 Å². The first-order valence-electron chi connectivity index (χ1n) is 7.27. The Kier molecular flexibility index (Phi) is 7.54. The summed E-state index contributed by atoms with van der Waals surface area (Å²) in [7, 11) is 0. The van der Waals surface area contributed by atoms with Crippen LogP contribution in [0, 0.1) is 5.92 Å². The zero-order chi connectivity index (χ0) is 12.1. The van der Waals surface area contributed by atoms with Gasteiger partial charge >= 0.3 is 0 Å². The Morgan fingerprint density at radius 3 is 2.50 bits per heavy atom. The number of hydrogen-bond acceptors (Lipinski definition) is 3. The van der Waals surface area contributed by atoms with E-state index in [1.807, 2.05) is 0 Å². The molecule has 0 aromatic rings. The summed E-state index contributed by atoms with van der Waals surface area (Å²) in [6, 6.07) is 0. The molecule has 2 fully saturated rings. The zero-order valence-corrected chi connectivity index (χ0v) is 12.3. The molecule has 1 saturated heterocycles. The number of hydrogen-bond donors (Lipinski definition) is 1. The highest BCUT2D eigenvalue weighted by atomic mass is 35.5. The molecule has 0 spiro atoms. The summed E-state index contributed by atoms with van der Waals surface area (Å²) in [5, 5.41) is 9.98. The van der Waals surface area contributed by atoms with Crippen LogP contribution in [0.3, 0.4) is 0 Å². The average molecular weight is 278 g/mol. The van der Waals surface area contributed by atoms with Crippen LogP contribution in [0.4, 0.5) is 0 Å². The molecule has 3 nitrogen and oxygen atoms in total. The molecule has 1 saturated carbocycles. The van der Waals surface area contributed by atoms with Crippen LogP contribution in [0.5, 0.6) is 0 Å². The standard InChI is InChI=1S/C14H27NO2.ClH/c1-12-6-5-7-14(12)17-11-13(16)10-15-8-3-2-4-9-15;/h12-14,16H,2-11H2,1H3;1H. The Bertz CT molecular complexity index is 222. The van der Waals surface area contributed by atoms with E-state index in [0.29, 0.717) is 18.6 Å². The van der Waals surface area contributed by atoms with Gasteiger partial charge in [-0.3, -0.25) is 0 Å². The van der Waals surface area contributed by atoms with E-state index in [0.717, 1.165) is 19.6 Å². The molecule has 0 aromatic carbocycles. The van der Waals surface area contributed by atoms with E-state index in [2.05, 4.69) is 11.8 Å². The fourth-order valence-electron chi connectivity index (χ4n) is 3.09. The molecule has 18 heavy (non-hydrogen) atoms. The van der Waals surface area contributed by atoms with Crippen molar-refractivity contribution in [3.8, 4) is 0 Å². The summed E-state index contributed by atoms with van der Waals surface area (Å²) in [5.74, 6) is 0.678. The molecule has 0 amide bonds. The quantitative estimate of drug-likeness (QED) is 0.838. The topological polar surface area (TPSA) is 32.7 Å². The van der Waals surface area contributed by atoms with Crippen molar-refractivity contribution in [2.45, 2.75) is 57.7 Å². The van der Waals surface area contributed by atoms with Crippen molar-refractivity contribution in [2.75, 3.05) is 26.2 Å². The van der Waals surface area contributed by atoms with Gasteiger partial charge in [0, 0.05) is 6.54 Å². The van der Waals surface area contributed by atoms with Gasteiger partial charge in [-0.2, -0.15) is 0 Å². The van der Waals surface area contributed by atoms with Crippen molar-refractivity contribution in [1.82, 2.24) is 4.90 Å². The van der Waals surface area contributed by atoms with Gasteiger partial charge in [-0.25, -0.2) is 0 Å². The highest BCUT2D eigenvalue weighted by Gasteiger charge is 2.25. The minimum absolute atomic E-state index is 0. The molecule has 1 heterocycles. The zero-order valence-electron chi connectivity index (χ0n) is 11.5. The van der Waals surface area contributed by atoms with Crippen LogP contribution in [-0.4, -0.2) is 48.5 Å². The van der Waals surface area contributed by atoms with Crippen LogP contribution in [-0.2, 0) is 4.74 Å². The highest BCUT2D eigenvalue weighted by molar-refractivity contribution is 5.85. The lowest BCUT2D eigenvalue weighted by atomic mass is 10.1. The third kappa shape index (κ3) is 5.04. The average Bonchev–Trinajstić information content (AvgIpc) is 2.74. The molecule has 108 valence electrons. The van der Waals surface area contributed by atoms with Crippen LogP contribution in [0.2, 0.25) is 0 Å². The Balaban J connectivity index is 0.00000162. The highest BCUT2D eigenvalue weighted by Crippen LogP contribution is 2.27. The van der Waals surface area contributed by atoms with Crippen molar-refractivity contribution in [3.05, 3.63) is 0 Å². The summed E-state index contributed by atoms with van der Waals surface area (Å²) in [5.41, 5.74) is 0. The second kappa shape index (κ2) is 8.36. The van der Waals surface area contributed by atoms with Crippen molar-refractivity contribution < 1.29 is 9.84 Å². The molecule has 2 rings (SSSR count). The molecule has 0 radical (unpaired) electrons. The van der Waals surface area contributed by atoms with Gasteiger partial charge in [-0.15, -0.1) is 12.4 Å². The third-order valence-electron chi connectivity index (χ3n) is 4.20. The Morgan fingerprint density at radius 1 is 1.17 bits per heavy atom. The van der Waals surface area contributed by atoms with Crippen molar-refractivity contribution in [1.29, 1.82) is 0 Å². The largest absolute Gasteiger partial charge is 0.389 e. The number of nitrogens with zero attached hydrogens (tertiary/aromatic N) is 1. The maximum atomic E-state index is 9.98. The predicted octanol–water partition coefficient (Wildman–Crippen LogP) is 2.46. The first-order chi connectivity index (χ1) is 8.25. The van der Waals surface area contributed by atoms with Gasteiger partial charge in [0.05, 0.1) is 18.8 Å². The fraction of sp³-hybridized carbons (Fsp3) is 1.00. The monoisotopic (exact) mass is 277 g/mol. The molecule has 0 bridgehead atoms. The minimum Gasteiger partial charge on any atom is -0.389 e. The third-order valence-corrected chi connectivity index (χ3v) is 4.20.